The third-order valence-corrected chi connectivity index (χ3v) is 8.35. The molecule has 0 atom stereocenters. The lowest BCUT2D eigenvalue weighted by molar-refractivity contribution is 0.0758. The van der Waals surface area contributed by atoms with E-state index < -0.39 is 10.0 Å². The molecule has 2 aromatic rings. The van der Waals surface area contributed by atoms with Crippen LogP contribution in [0.15, 0.2) is 47.4 Å². The zero-order valence-corrected chi connectivity index (χ0v) is 21.5. The van der Waals surface area contributed by atoms with Gasteiger partial charge in [0.1, 0.15) is 5.75 Å². The Bertz CT molecular complexity index is 1090. The molecular formula is C27H37N3O4S. The van der Waals surface area contributed by atoms with Gasteiger partial charge < -0.3 is 9.64 Å². The van der Waals surface area contributed by atoms with Crippen LogP contribution in [0, 0.1) is 0 Å². The number of ether oxygens (including phenoxy) is 1. The first-order chi connectivity index (χ1) is 17.0. The summed E-state index contributed by atoms with van der Waals surface area (Å²) in [5.41, 5.74) is 2.43. The van der Waals surface area contributed by atoms with Gasteiger partial charge in [0, 0.05) is 26.2 Å². The summed E-state index contributed by atoms with van der Waals surface area (Å²) >= 11 is 0. The number of sulfonamides is 1. The van der Waals surface area contributed by atoms with Gasteiger partial charge in [0.15, 0.2) is 0 Å². The Morgan fingerprint density at radius 3 is 2.11 bits per heavy atom. The fourth-order valence-corrected chi connectivity index (χ4v) is 5.91. The maximum atomic E-state index is 13.2. The van der Waals surface area contributed by atoms with Crippen molar-refractivity contribution in [2.75, 3.05) is 33.3 Å². The van der Waals surface area contributed by atoms with Gasteiger partial charge in [0.25, 0.3) is 5.91 Å². The van der Waals surface area contributed by atoms with Crippen molar-refractivity contribution < 1.29 is 17.9 Å². The summed E-state index contributed by atoms with van der Waals surface area (Å²) in [4.78, 5) is 17.5. The number of piperidine rings is 1. The molecule has 0 aliphatic carbocycles. The summed E-state index contributed by atoms with van der Waals surface area (Å²) in [6.45, 7) is 4.78. The second-order valence-electron chi connectivity index (χ2n) is 9.55. The Labute approximate surface area is 209 Å². The molecule has 190 valence electrons. The minimum absolute atomic E-state index is 0.0678. The van der Waals surface area contributed by atoms with E-state index in [9.17, 15) is 13.2 Å². The van der Waals surface area contributed by atoms with E-state index in [1.807, 2.05) is 12.1 Å². The summed E-state index contributed by atoms with van der Waals surface area (Å²) in [7, 11) is -2.30. The van der Waals surface area contributed by atoms with Crippen molar-refractivity contribution >= 4 is 15.9 Å². The van der Waals surface area contributed by atoms with Crippen molar-refractivity contribution in [1.29, 1.82) is 0 Å². The minimum atomic E-state index is -3.79. The summed E-state index contributed by atoms with van der Waals surface area (Å²) in [6, 6.07) is 12.6. The van der Waals surface area contributed by atoms with E-state index in [-0.39, 0.29) is 17.3 Å². The van der Waals surface area contributed by atoms with Crippen LogP contribution in [-0.4, -0.2) is 57.4 Å². The van der Waals surface area contributed by atoms with Crippen LogP contribution in [0.2, 0.25) is 0 Å². The van der Waals surface area contributed by atoms with Crippen LogP contribution in [0.4, 0.5) is 0 Å². The molecule has 35 heavy (non-hydrogen) atoms. The van der Waals surface area contributed by atoms with Crippen molar-refractivity contribution in [1.82, 2.24) is 14.5 Å². The van der Waals surface area contributed by atoms with Gasteiger partial charge >= 0.3 is 0 Å². The highest BCUT2D eigenvalue weighted by Crippen LogP contribution is 2.25. The van der Waals surface area contributed by atoms with Crippen molar-refractivity contribution in [3.05, 3.63) is 59.2 Å². The van der Waals surface area contributed by atoms with Crippen LogP contribution >= 0.6 is 0 Å². The molecule has 0 aromatic heterocycles. The van der Waals surface area contributed by atoms with E-state index >= 15 is 0 Å². The number of benzene rings is 2. The van der Waals surface area contributed by atoms with Gasteiger partial charge in [-0.15, -0.1) is 0 Å². The Morgan fingerprint density at radius 1 is 0.857 bits per heavy atom. The second kappa shape index (κ2) is 12.0. The molecule has 0 radical (unpaired) electrons. The highest BCUT2D eigenvalue weighted by molar-refractivity contribution is 7.89. The molecule has 2 aliphatic rings. The molecule has 2 fully saturated rings. The van der Waals surface area contributed by atoms with E-state index in [0.29, 0.717) is 24.4 Å². The first-order valence-corrected chi connectivity index (χ1v) is 14.2. The van der Waals surface area contributed by atoms with Crippen LogP contribution in [0.3, 0.4) is 0 Å². The number of nitrogens with zero attached hydrogens (tertiary/aromatic N) is 2. The normalized spacial score (nSPS) is 17.7. The predicted molar refractivity (Wildman–Crippen MR) is 137 cm³/mol. The summed E-state index contributed by atoms with van der Waals surface area (Å²) in [5.74, 6) is 0.215. The Morgan fingerprint density at radius 2 is 1.46 bits per heavy atom. The van der Waals surface area contributed by atoms with E-state index in [0.717, 1.165) is 50.9 Å². The van der Waals surface area contributed by atoms with Gasteiger partial charge in [0.05, 0.1) is 17.6 Å². The fraction of sp³-hybridized carbons (Fsp3) is 0.519. The topological polar surface area (TPSA) is 79.0 Å². The fourth-order valence-electron chi connectivity index (χ4n) is 4.87. The average Bonchev–Trinajstić information content (AvgIpc) is 3.18. The van der Waals surface area contributed by atoms with E-state index in [1.54, 1.807) is 11.0 Å². The van der Waals surface area contributed by atoms with Crippen LogP contribution in [-0.2, 0) is 23.1 Å². The van der Waals surface area contributed by atoms with Crippen molar-refractivity contribution in [2.45, 2.75) is 62.9 Å². The Hall–Kier alpha value is -2.42. The molecule has 2 aromatic carbocycles. The maximum absolute atomic E-state index is 13.2. The van der Waals surface area contributed by atoms with E-state index in [4.69, 9.17) is 4.74 Å². The smallest absolute Gasteiger partial charge is 0.257 e. The Kier molecular flexibility index (Phi) is 8.81. The zero-order valence-electron chi connectivity index (χ0n) is 20.7. The summed E-state index contributed by atoms with van der Waals surface area (Å²) in [6.07, 6.45) is 7.98. The average molecular weight is 500 g/mol. The largest absolute Gasteiger partial charge is 0.496 e. The number of rotatable bonds is 8. The maximum Gasteiger partial charge on any atom is 0.257 e. The second-order valence-corrected chi connectivity index (χ2v) is 11.3. The number of hydrogen-bond donors (Lipinski definition) is 1. The minimum Gasteiger partial charge on any atom is -0.496 e. The molecule has 2 saturated heterocycles. The van der Waals surface area contributed by atoms with Gasteiger partial charge in [-0.1, -0.05) is 43.5 Å². The third kappa shape index (κ3) is 6.84. The van der Waals surface area contributed by atoms with Gasteiger partial charge in [0.2, 0.25) is 10.0 Å². The first kappa shape index (κ1) is 25.7. The molecular weight excluding hydrogens is 462 g/mol. The number of hydrogen-bond acceptors (Lipinski definition) is 5. The molecule has 0 bridgehead atoms. The number of carbonyl (C=O) groups excluding carboxylic acids is 1. The Balaban J connectivity index is 1.42. The summed E-state index contributed by atoms with van der Waals surface area (Å²) < 4.78 is 34.2. The number of likely N-dealkylation sites (tertiary alicyclic amines) is 2. The van der Waals surface area contributed by atoms with Crippen molar-refractivity contribution in [2.24, 2.45) is 0 Å². The molecule has 2 heterocycles. The molecule has 1 amide bonds. The quantitative estimate of drug-likeness (QED) is 0.590. The first-order valence-electron chi connectivity index (χ1n) is 12.7. The van der Waals surface area contributed by atoms with Gasteiger partial charge in [-0.05, 0) is 68.1 Å². The predicted octanol–water partition coefficient (Wildman–Crippen LogP) is 4.18. The number of methoxy groups -OCH3 is 1. The molecule has 4 rings (SSSR count). The molecule has 2 aliphatic heterocycles. The molecule has 1 N–H and O–H groups in total. The molecule has 8 heteroatoms. The van der Waals surface area contributed by atoms with Crippen molar-refractivity contribution in [3.8, 4) is 5.75 Å². The van der Waals surface area contributed by atoms with E-state index in [2.05, 4.69) is 21.8 Å². The highest BCUT2D eigenvalue weighted by Gasteiger charge is 2.24. The monoisotopic (exact) mass is 499 g/mol. The highest BCUT2D eigenvalue weighted by atomic mass is 32.2. The number of carbonyl (C=O) groups is 1. The standard InChI is InChI=1S/C27H37N3O4S/c1-34-26-14-13-24(19-25(26)27(31)30-17-7-2-3-8-18-30)35(32,33)28-20-22-9-11-23(12-10-22)21-29-15-5-4-6-16-29/h9-14,19,28H,2-8,15-18,20-21H2,1H3. The van der Waals surface area contributed by atoms with Crippen LogP contribution in [0.5, 0.6) is 5.75 Å². The number of amides is 1. The third-order valence-electron chi connectivity index (χ3n) is 6.95. The lowest BCUT2D eigenvalue weighted by Crippen LogP contribution is -2.32. The molecule has 0 unspecified atom stereocenters. The van der Waals surface area contributed by atoms with Gasteiger partial charge in [-0.25, -0.2) is 13.1 Å². The number of nitrogens with one attached hydrogen (secondary N) is 1. The lowest BCUT2D eigenvalue weighted by atomic mass is 10.1. The van der Waals surface area contributed by atoms with Crippen molar-refractivity contribution in [3.63, 3.8) is 0 Å². The van der Waals surface area contributed by atoms with Crippen LogP contribution < -0.4 is 9.46 Å². The SMILES string of the molecule is COc1ccc(S(=O)(=O)NCc2ccc(CN3CCCCC3)cc2)cc1C(=O)N1CCCCCC1. The summed E-state index contributed by atoms with van der Waals surface area (Å²) in [5, 5.41) is 0. The van der Waals surface area contributed by atoms with Gasteiger partial charge in [-0.2, -0.15) is 0 Å². The van der Waals surface area contributed by atoms with Crippen LogP contribution in [0.25, 0.3) is 0 Å². The van der Waals surface area contributed by atoms with Crippen LogP contribution in [0.1, 0.15) is 66.4 Å². The zero-order chi connectivity index (χ0) is 24.7. The molecule has 0 saturated carbocycles. The molecule has 7 nitrogen and oxygen atoms in total. The lowest BCUT2D eigenvalue weighted by Gasteiger charge is -2.26. The van der Waals surface area contributed by atoms with E-state index in [1.165, 1.54) is 44.1 Å². The molecule has 0 spiro atoms. The van der Waals surface area contributed by atoms with Gasteiger partial charge in [-0.3, -0.25) is 9.69 Å².